The fourth-order valence-corrected chi connectivity index (χ4v) is 3.67. The molecule has 25 heavy (non-hydrogen) atoms. The zero-order valence-corrected chi connectivity index (χ0v) is 14.6. The molecule has 3 heterocycles. The van der Waals surface area contributed by atoms with Gasteiger partial charge in [-0.3, -0.25) is 4.57 Å². The van der Waals surface area contributed by atoms with Crippen molar-refractivity contribution < 1.29 is 19.1 Å². The van der Waals surface area contributed by atoms with Gasteiger partial charge in [-0.05, 0) is 25.7 Å². The average molecular weight is 368 g/mol. The Kier molecular flexibility index (Phi) is 3.95. The molecule has 2 fully saturated rings. The first kappa shape index (κ1) is 16.7. The first-order valence-corrected chi connectivity index (χ1v) is 10.1. The van der Waals surface area contributed by atoms with Crippen molar-refractivity contribution >= 4 is 30.5 Å². The molecule has 0 aromatic carbocycles. The molecule has 0 spiro atoms. The van der Waals surface area contributed by atoms with Gasteiger partial charge in [0, 0.05) is 13.1 Å². The molecule has 4 N–H and O–H groups in total. The zero-order chi connectivity index (χ0) is 17.7. The van der Waals surface area contributed by atoms with Crippen molar-refractivity contribution in [2.75, 3.05) is 30.1 Å². The highest BCUT2D eigenvalue weighted by Gasteiger charge is 2.46. The van der Waals surface area contributed by atoms with Gasteiger partial charge in [-0.15, -0.1) is 0 Å². The van der Waals surface area contributed by atoms with Crippen LogP contribution in [0.1, 0.15) is 25.7 Å². The summed E-state index contributed by atoms with van der Waals surface area (Å²) in [5, 5.41) is 0. The van der Waals surface area contributed by atoms with Crippen LogP contribution < -0.4 is 10.6 Å². The SMILES string of the molecule is Nc1nc(N2CCCC2)c2ncn(CC3(OCP(=O)(O)O)CC3)c2n1. The van der Waals surface area contributed by atoms with Crippen LogP contribution in [-0.2, 0) is 15.8 Å². The Labute approximate surface area is 144 Å². The van der Waals surface area contributed by atoms with Gasteiger partial charge in [0.15, 0.2) is 17.0 Å². The first-order chi connectivity index (χ1) is 11.9. The van der Waals surface area contributed by atoms with E-state index < -0.39 is 19.5 Å². The predicted molar refractivity (Wildman–Crippen MR) is 91.1 cm³/mol. The lowest BCUT2D eigenvalue weighted by Crippen LogP contribution is -2.23. The summed E-state index contributed by atoms with van der Waals surface area (Å²) < 4.78 is 18.4. The lowest BCUT2D eigenvalue weighted by Gasteiger charge is -2.19. The van der Waals surface area contributed by atoms with E-state index in [2.05, 4.69) is 19.9 Å². The van der Waals surface area contributed by atoms with Crippen LogP contribution >= 0.6 is 7.60 Å². The molecular weight excluding hydrogens is 347 g/mol. The molecule has 1 saturated heterocycles. The summed E-state index contributed by atoms with van der Waals surface area (Å²) in [7, 11) is -4.19. The summed E-state index contributed by atoms with van der Waals surface area (Å²) in [4.78, 5) is 33.3. The van der Waals surface area contributed by atoms with Crippen molar-refractivity contribution in [3.05, 3.63) is 6.33 Å². The number of rotatable bonds is 6. The van der Waals surface area contributed by atoms with Gasteiger partial charge in [-0.2, -0.15) is 9.97 Å². The number of imidazole rings is 1. The molecule has 1 aliphatic heterocycles. The highest BCUT2D eigenvalue weighted by molar-refractivity contribution is 7.51. The van der Waals surface area contributed by atoms with Gasteiger partial charge in [0.2, 0.25) is 5.95 Å². The van der Waals surface area contributed by atoms with E-state index >= 15 is 0 Å². The summed E-state index contributed by atoms with van der Waals surface area (Å²) in [6.07, 6.45) is 4.81. The maximum absolute atomic E-state index is 11.1. The third-order valence-corrected chi connectivity index (χ3v) is 5.14. The molecule has 136 valence electrons. The quantitative estimate of drug-likeness (QED) is 0.628. The molecule has 4 rings (SSSR count). The predicted octanol–water partition coefficient (Wildman–Crippen LogP) is 0.693. The zero-order valence-electron chi connectivity index (χ0n) is 13.7. The molecule has 0 atom stereocenters. The third-order valence-electron chi connectivity index (χ3n) is 4.67. The van der Waals surface area contributed by atoms with E-state index in [4.69, 9.17) is 20.3 Å². The van der Waals surface area contributed by atoms with Gasteiger partial charge >= 0.3 is 7.60 Å². The van der Waals surface area contributed by atoms with Crippen LogP contribution in [0.15, 0.2) is 6.33 Å². The van der Waals surface area contributed by atoms with E-state index in [9.17, 15) is 4.57 Å². The van der Waals surface area contributed by atoms with Crippen molar-refractivity contribution in [2.45, 2.75) is 37.8 Å². The maximum atomic E-state index is 11.1. The molecular formula is C14H21N6O4P. The van der Waals surface area contributed by atoms with E-state index in [0.29, 0.717) is 17.7 Å². The second-order valence-electron chi connectivity index (χ2n) is 6.77. The highest BCUT2D eigenvalue weighted by atomic mass is 31.2. The Hall–Kier alpha value is -1.74. The molecule has 0 unspecified atom stereocenters. The lowest BCUT2D eigenvalue weighted by atomic mass is 10.3. The van der Waals surface area contributed by atoms with E-state index in [0.717, 1.165) is 44.6 Å². The molecule has 2 aromatic rings. The monoisotopic (exact) mass is 368 g/mol. The summed E-state index contributed by atoms with van der Waals surface area (Å²) in [6.45, 7) is 2.28. The van der Waals surface area contributed by atoms with E-state index in [1.54, 1.807) is 6.33 Å². The van der Waals surface area contributed by atoms with Gasteiger partial charge in [0.25, 0.3) is 0 Å². The van der Waals surface area contributed by atoms with Crippen molar-refractivity contribution in [1.82, 2.24) is 19.5 Å². The average Bonchev–Trinajstić information content (AvgIpc) is 2.95. The number of anilines is 2. The standard InChI is InChI=1S/C14H21N6O4P/c15-13-17-11(19-5-1-2-6-19)10-12(18-13)20(8-16-10)7-14(3-4-14)24-9-25(21,22)23/h8H,1-7,9H2,(H2,15,17,18)(H2,21,22,23). The number of nitrogens with zero attached hydrogens (tertiary/aromatic N) is 5. The Morgan fingerprint density at radius 3 is 2.64 bits per heavy atom. The van der Waals surface area contributed by atoms with E-state index in [1.165, 1.54) is 0 Å². The van der Waals surface area contributed by atoms with E-state index in [1.807, 2.05) is 4.57 Å². The van der Waals surface area contributed by atoms with Gasteiger partial charge in [0.05, 0.1) is 18.5 Å². The Morgan fingerprint density at radius 2 is 2.00 bits per heavy atom. The van der Waals surface area contributed by atoms with Gasteiger partial charge < -0.3 is 29.7 Å². The summed E-state index contributed by atoms with van der Waals surface area (Å²) in [5.41, 5.74) is 6.65. The minimum Gasteiger partial charge on any atom is -0.368 e. The normalized spacial score (nSPS) is 19.7. The number of aromatic nitrogens is 4. The van der Waals surface area contributed by atoms with Crippen LogP contribution in [0.2, 0.25) is 0 Å². The van der Waals surface area contributed by atoms with Crippen LogP contribution in [0.3, 0.4) is 0 Å². The molecule has 1 saturated carbocycles. The van der Waals surface area contributed by atoms with Gasteiger partial charge in [-0.1, -0.05) is 0 Å². The minimum atomic E-state index is -4.19. The van der Waals surface area contributed by atoms with Crippen molar-refractivity contribution in [1.29, 1.82) is 0 Å². The van der Waals surface area contributed by atoms with Crippen LogP contribution in [-0.4, -0.2) is 54.3 Å². The Bertz CT molecular complexity index is 839. The number of hydrogen-bond donors (Lipinski definition) is 3. The number of hydrogen-bond acceptors (Lipinski definition) is 7. The number of fused-ring (bicyclic) bond motifs is 1. The van der Waals surface area contributed by atoms with Crippen molar-refractivity contribution in [3.8, 4) is 0 Å². The third kappa shape index (κ3) is 3.48. The molecule has 10 nitrogen and oxygen atoms in total. The molecule has 11 heteroatoms. The number of ether oxygens (including phenoxy) is 1. The summed E-state index contributed by atoms with van der Waals surface area (Å²) in [5.74, 6) is 0.942. The van der Waals surface area contributed by atoms with Crippen LogP contribution in [0.5, 0.6) is 0 Å². The highest BCUT2D eigenvalue weighted by Crippen LogP contribution is 2.46. The van der Waals surface area contributed by atoms with Crippen LogP contribution in [0.4, 0.5) is 11.8 Å². The molecule has 0 bridgehead atoms. The fourth-order valence-electron chi connectivity index (χ4n) is 3.23. The molecule has 1 aliphatic carbocycles. The number of nitrogen functional groups attached to an aromatic ring is 1. The smallest absolute Gasteiger partial charge is 0.351 e. The van der Waals surface area contributed by atoms with Crippen molar-refractivity contribution in [2.24, 2.45) is 0 Å². The summed E-state index contributed by atoms with van der Waals surface area (Å²) >= 11 is 0. The summed E-state index contributed by atoms with van der Waals surface area (Å²) in [6, 6.07) is 0. The first-order valence-electron chi connectivity index (χ1n) is 8.27. The second-order valence-corrected chi connectivity index (χ2v) is 8.35. The largest absolute Gasteiger partial charge is 0.368 e. The second kappa shape index (κ2) is 5.91. The lowest BCUT2D eigenvalue weighted by molar-refractivity contribution is 0.0417. The van der Waals surface area contributed by atoms with Crippen molar-refractivity contribution in [3.63, 3.8) is 0 Å². The Morgan fingerprint density at radius 1 is 1.28 bits per heavy atom. The Balaban J connectivity index is 1.62. The molecule has 0 amide bonds. The van der Waals surface area contributed by atoms with Gasteiger partial charge in [0.1, 0.15) is 6.35 Å². The van der Waals surface area contributed by atoms with E-state index in [-0.39, 0.29) is 5.95 Å². The minimum absolute atomic E-state index is 0.192. The number of nitrogens with two attached hydrogens (primary N) is 1. The topological polar surface area (TPSA) is 140 Å². The molecule has 2 aliphatic rings. The van der Waals surface area contributed by atoms with Crippen LogP contribution in [0, 0.1) is 0 Å². The molecule has 0 radical (unpaired) electrons. The fraction of sp³-hybridized carbons (Fsp3) is 0.643. The van der Waals surface area contributed by atoms with Crippen LogP contribution in [0.25, 0.3) is 11.2 Å². The molecule has 2 aromatic heterocycles. The van der Waals surface area contributed by atoms with Gasteiger partial charge in [-0.25, -0.2) is 4.98 Å². The maximum Gasteiger partial charge on any atom is 0.351 e.